The quantitative estimate of drug-likeness (QED) is 0.750. The molecule has 1 aliphatic rings. The standard InChI is InChI=1S/C18H19F3N2O2S/c1-17(26-13-5-3-4-12(8-13)18(19,20)21)6-7-25-15(9-17)14-10-23-16(24-2)11-22-14/h3-5,8,10-11,15H,6-7,9H2,1-2H3. The van der Waals surface area contributed by atoms with Crippen molar-refractivity contribution in [3.8, 4) is 5.88 Å². The zero-order valence-electron chi connectivity index (χ0n) is 14.4. The van der Waals surface area contributed by atoms with E-state index in [1.807, 2.05) is 6.92 Å². The molecular formula is C18H19F3N2O2S. The zero-order chi connectivity index (χ0) is 18.8. The Hall–Kier alpha value is -1.80. The van der Waals surface area contributed by atoms with E-state index < -0.39 is 11.7 Å². The van der Waals surface area contributed by atoms with Crippen LogP contribution in [0.4, 0.5) is 13.2 Å². The Morgan fingerprint density at radius 3 is 2.73 bits per heavy atom. The van der Waals surface area contributed by atoms with Crippen LogP contribution >= 0.6 is 11.8 Å². The molecule has 0 radical (unpaired) electrons. The van der Waals surface area contributed by atoms with E-state index in [0.717, 1.165) is 12.5 Å². The second kappa shape index (κ2) is 7.44. The number of benzene rings is 1. The number of nitrogens with zero attached hydrogens (tertiary/aromatic N) is 2. The highest BCUT2D eigenvalue weighted by Gasteiger charge is 2.36. The molecule has 140 valence electrons. The van der Waals surface area contributed by atoms with Crippen molar-refractivity contribution in [2.75, 3.05) is 13.7 Å². The molecule has 2 aromatic rings. The van der Waals surface area contributed by atoms with Gasteiger partial charge in [0.1, 0.15) is 6.10 Å². The van der Waals surface area contributed by atoms with E-state index >= 15 is 0 Å². The third kappa shape index (κ3) is 4.48. The Balaban J connectivity index is 1.75. The lowest BCUT2D eigenvalue weighted by Crippen LogP contribution is -2.32. The first-order valence-corrected chi connectivity index (χ1v) is 8.94. The van der Waals surface area contributed by atoms with E-state index in [-0.39, 0.29) is 10.9 Å². The van der Waals surface area contributed by atoms with Gasteiger partial charge < -0.3 is 9.47 Å². The summed E-state index contributed by atoms with van der Waals surface area (Å²) in [6.07, 6.45) is -0.0584. The van der Waals surface area contributed by atoms with Crippen LogP contribution in [0.1, 0.15) is 37.1 Å². The van der Waals surface area contributed by atoms with Crippen molar-refractivity contribution >= 4 is 11.8 Å². The maximum absolute atomic E-state index is 12.9. The Morgan fingerprint density at radius 2 is 2.08 bits per heavy atom. The van der Waals surface area contributed by atoms with Crippen molar-refractivity contribution in [3.63, 3.8) is 0 Å². The average Bonchev–Trinajstić information content (AvgIpc) is 2.61. The number of halogens is 3. The Morgan fingerprint density at radius 1 is 1.27 bits per heavy atom. The van der Waals surface area contributed by atoms with Gasteiger partial charge in [0.25, 0.3) is 0 Å². The number of hydrogen-bond acceptors (Lipinski definition) is 5. The normalized spacial score (nSPS) is 23.7. The lowest BCUT2D eigenvalue weighted by Gasteiger charge is -2.37. The molecule has 3 rings (SSSR count). The largest absolute Gasteiger partial charge is 0.480 e. The molecule has 2 atom stereocenters. The van der Waals surface area contributed by atoms with Gasteiger partial charge in [-0.25, -0.2) is 4.98 Å². The van der Waals surface area contributed by atoms with Crippen molar-refractivity contribution in [1.29, 1.82) is 0 Å². The summed E-state index contributed by atoms with van der Waals surface area (Å²) in [6, 6.07) is 5.45. The maximum atomic E-state index is 12.9. The number of methoxy groups -OCH3 is 1. The summed E-state index contributed by atoms with van der Waals surface area (Å²) in [5.41, 5.74) is 0.0668. The van der Waals surface area contributed by atoms with Crippen molar-refractivity contribution in [2.24, 2.45) is 0 Å². The summed E-state index contributed by atoms with van der Waals surface area (Å²) in [5.74, 6) is 0.422. The van der Waals surface area contributed by atoms with Crippen LogP contribution in [0.25, 0.3) is 0 Å². The number of thioether (sulfide) groups is 1. The fourth-order valence-corrected chi connectivity index (χ4v) is 4.19. The van der Waals surface area contributed by atoms with Gasteiger partial charge in [-0.15, -0.1) is 11.8 Å². The van der Waals surface area contributed by atoms with E-state index in [1.165, 1.54) is 37.2 Å². The fraction of sp³-hybridized carbons (Fsp3) is 0.444. The first-order chi connectivity index (χ1) is 12.3. The molecule has 1 aromatic carbocycles. The highest BCUT2D eigenvalue weighted by Crippen LogP contribution is 2.46. The smallest absolute Gasteiger partial charge is 0.416 e. The maximum Gasteiger partial charge on any atom is 0.416 e. The minimum Gasteiger partial charge on any atom is -0.480 e. The zero-order valence-corrected chi connectivity index (χ0v) is 15.2. The van der Waals surface area contributed by atoms with Crippen LogP contribution < -0.4 is 4.74 Å². The summed E-state index contributed by atoms with van der Waals surface area (Å²) < 4.78 is 49.4. The number of aromatic nitrogens is 2. The van der Waals surface area contributed by atoms with Crippen molar-refractivity contribution < 1.29 is 22.6 Å². The van der Waals surface area contributed by atoms with Gasteiger partial charge in [-0.2, -0.15) is 13.2 Å². The lowest BCUT2D eigenvalue weighted by atomic mass is 9.95. The summed E-state index contributed by atoms with van der Waals surface area (Å²) in [7, 11) is 1.52. The van der Waals surface area contributed by atoms with Gasteiger partial charge >= 0.3 is 6.18 Å². The number of alkyl halides is 3. The molecule has 1 aromatic heterocycles. The van der Waals surface area contributed by atoms with Gasteiger partial charge in [0.2, 0.25) is 5.88 Å². The molecule has 2 unspecified atom stereocenters. The van der Waals surface area contributed by atoms with E-state index in [9.17, 15) is 13.2 Å². The highest BCUT2D eigenvalue weighted by molar-refractivity contribution is 8.00. The summed E-state index contributed by atoms with van der Waals surface area (Å²) in [6.45, 7) is 2.56. The second-order valence-electron chi connectivity index (χ2n) is 6.37. The molecule has 4 nitrogen and oxygen atoms in total. The minimum atomic E-state index is -4.34. The minimum absolute atomic E-state index is 0.245. The molecule has 0 saturated carbocycles. The SMILES string of the molecule is COc1cnc(C2CC(C)(Sc3cccc(C(F)(F)F)c3)CCO2)cn1. The number of ether oxygens (including phenoxy) is 2. The van der Waals surface area contributed by atoms with Crippen molar-refractivity contribution in [2.45, 2.75) is 41.7 Å². The fourth-order valence-electron chi connectivity index (χ4n) is 2.87. The summed E-state index contributed by atoms with van der Waals surface area (Å²) in [5, 5.41) is 0. The lowest BCUT2D eigenvalue weighted by molar-refractivity contribution is -0.137. The van der Waals surface area contributed by atoms with Crippen LogP contribution in [0.2, 0.25) is 0 Å². The van der Waals surface area contributed by atoms with Crippen LogP contribution in [-0.4, -0.2) is 28.4 Å². The van der Waals surface area contributed by atoms with E-state index in [1.54, 1.807) is 12.3 Å². The predicted molar refractivity (Wildman–Crippen MR) is 92.2 cm³/mol. The third-order valence-electron chi connectivity index (χ3n) is 4.28. The molecule has 0 spiro atoms. The van der Waals surface area contributed by atoms with E-state index in [0.29, 0.717) is 29.5 Å². The van der Waals surface area contributed by atoms with E-state index in [4.69, 9.17) is 9.47 Å². The van der Waals surface area contributed by atoms with Crippen LogP contribution in [0.15, 0.2) is 41.6 Å². The Labute approximate surface area is 154 Å². The third-order valence-corrected chi connectivity index (χ3v) is 5.63. The average molecular weight is 384 g/mol. The van der Waals surface area contributed by atoms with E-state index in [2.05, 4.69) is 9.97 Å². The molecule has 0 bridgehead atoms. The predicted octanol–water partition coefficient (Wildman–Crippen LogP) is 4.91. The molecule has 0 aliphatic carbocycles. The first-order valence-electron chi connectivity index (χ1n) is 8.13. The van der Waals surface area contributed by atoms with Crippen LogP contribution in [0.3, 0.4) is 0 Å². The van der Waals surface area contributed by atoms with Crippen molar-refractivity contribution in [1.82, 2.24) is 9.97 Å². The van der Waals surface area contributed by atoms with Gasteiger partial charge in [0.05, 0.1) is 30.8 Å². The van der Waals surface area contributed by atoms with Gasteiger partial charge in [-0.05, 0) is 38.0 Å². The van der Waals surface area contributed by atoms with Crippen molar-refractivity contribution in [3.05, 3.63) is 47.9 Å². The summed E-state index contributed by atoms with van der Waals surface area (Å²) in [4.78, 5) is 9.07. The second-order valence-corrected chi connectivity index (χ2v) is 8.04. The van der Waals surface area contributed by atoms with Gasteiger partial charge in [-0.1, -0.05) is 6.07 Å². The molecule has 26 heavy (non-hydrogen) atoms. The molecule has 0 amide bonds. The highest BCUT2D eigenvalue weighted by atomic mass is 32.2. The Bertz CT molecular complexity index is 755. The molecule has 1 saturated heterocycles. The van der Waals surface area contributed by atoms with Gasteiger partial charge in [0.15, 0.2) is 0 Å². The number of hydrogen-bond donors (Lipinski definition) is 0. The Kier molecular flexibility index (Phi) is 5.43. The summed E-state index contributed by atoms with van der Waals surface area (Å²) >= 11 is 1.45. The monoisotopic (exact) mass is 384 g/mol. The van der Waals surface area contributed by atoms with Gasteiger partial charge in [0, 0.05) is 16.2 Å². The van der Waals surface area contributed by atoms with Gasteiger partial charge in [-0.3, -0.25) is 4.98 Å². The van der Waals surface area contributed by atoms with Crippen LogP contribution in [0, 0.1) is 0 Å². The molecule has 0 N–H and O–H groups in total. The molecule has 1 fully saturated rings. The topological polar surface area (TPSA) is 44.2 Å². The van der Waals surface area contributed by atoms with Crippen LogP contribution in [0.5, 0.6) is 5.88 Å². The molecule has 1 aliphatic heterocycles. The first kappa shape index (κ1) is 19.0. The molecule has 8 heteroatoms. The van der Waals surface area contributed by atoms with Crippen LogP contribution in [-0.2, 0) is 10.9 Å². The molecule has 2 heterocycles. The molecular weight excluding hydrogens is 365 g/mol. The number of rotatable bonds is 4.